The number of aromatic amines is 1. The van der Waals surface area contributed by atoms with Gasteiger partial charge >= 0.3 is 0 Å². The van der Waals surface area contributed by atoms with E-state index in [1.54, 1.807) is 22.8 Å². The largest absolute Gasteiger partial charge is 0.480 e. The number of H-pyrrole nitrogens is 1. The summed E-state index contributed by atoms with van der Waals surface area (Å²) in [5, 5.41) is 0.449. The van der Waals surface area contributed by atoms with Crippen molar-refractivity contribution in [1.82, 2.24) is 19.8 Å². The van der Waals surface area contributed by atoms with Gasteiger partial charge in [-0.15, -0.1) is 0 Å². The van der Waals surface area contributed by atoms with E-state index in [0.717, 1.165) is 37.7 Å². The second-order valence-electron chi connectivity index (χ2n) is 9.96. The zero-order valence-electron chi connectivity index (χ0n) is 21.2. The van der Waals surface area contributed by atoms with Crippen LogP contribution in [-0.2, 0) is 11.2 Å². The minimum atomic E-state index is -0.586. The molecule has 2 aliphatic rings. The number of nitrogens with zero attached hydrogens (tertiary/aromatic N) is 3. The molecule has 0 bridgehead atoms. The third-order valence-electron chi connectivity index (χ3n) is 7.52. The van der Waals surface area contributed by atoms with Gasteiger partial charge in [0.15, 0.2) is 0 Å². The molecule has 2 aromatic heterocycles. The Morgan fingerprint density at radius 3 is 2.38 bits per heavy atom. The van der Waals surface area contributed by atoms with Gasteiger partial charge in [0.1, 0.15) is 17.0 Å². The lowest BCUT2D eigenvalue weighted by atomic mass is 9.90. The number of pyridine rings is 1. The number of likely N-dealkylation sites (tertiary alicyclic amines) is 2. The van der Waals surface area contributed by atoms with Crippen molar-refractivity contribution in [3.8, 4) is 5.88 Å². The smallest absolute Gasteiger partial charge is 0.295 e. The molecule has 0 radical (unpaired) electrons. The molecule has 0 atom stereocenters. The number of rotatable bonds is 6. The minimum Gasteiger partial charge on any atom is -0.480 e. The number of ketones is 1. The van der Waals surface area contributed by atoms with E-state index in [-0.39, 0.29) is 28.7 Å². The summed E-state index contributed by atoms with van der Waals surface area (Å²) in [6, 6.07) is 8.20. The first-order chi connectivity index (χ1) is 17.9. The lowest BCUT2D eigenvalue weighted by molar-refractivity contribution is -0.125. The van der Waals surface area contributed by atoms with E-state index in [2.05, 4.69) is 9.97 Å². The van der Waals surface area contributed by atoms with Gasteiger partial charge in [-0.2, -0.15) is 4.98 Å². The molecule has 2 fully saturated rings. The fourth-order valence-corrected chi connectivity index (χ4v) is 5.46. The Morgan fingerprint density at radius 2 is 1.73 bits per heavy atom. The summed E-state index contributed by atoms with van der Waals surface area (Å²) < 4.78 is 18.7. The number of amides is 2. The Hall–Kier alpha value is -3.75. The second kappa shape index (κ2) is 10.3. The number of nitrogens with one attached hydrogen (secondary N) is 1. The topological polar surface area (TPSA) is 95.6 Å². The Balaban J connectivity index is 1.36. The van der Waals surface area contributed by atoms with E-state index in [4.69, 9.17) is 4.74 Å². The Bertz CT molecular complexity index is 1340. The maximum atomic E-state index is 13.6. The average molecular weight is 507 g/mol. The predicted molar refractivity (Wildman–Crippen MR) is 136 cm³/mol. The molecule has 0 aliphatic carbocycles. The van der Waals surface area contributed by atoms with E-state index in [9.17, 15) is 18.8 Å². The Morgan fingerprint density at radius 1 is 1.05 bits per heavy atom. The summed E-state index contributed by atoms with van der Waals surface area (Å²) in [6.07, 6.45) is 4.29. The van der Waals surface area contributed by atoms with Gasteiger partial charge in [-0.3, -0.25) is 14.4 Å². The predicted octanol–water partition coefficient (Wildman–Crippen LogP) is 3.92. The van der Waals surface area contributed by atoms with Crippen LogP contribution in [0.15, 0.2) is 30.3 Å². The molecule has 1 N–H and O–H groups in total. The maximum Gasteiger partial charge on any atom is 0.295 e. The molecule has 37 heavy (non-hydrogen) atoms. The van der Waals surface area contributed by atoms with Crippen molar-refractivity contribution in [2.24, 2.45) is 5.92 Å². The van der Waals surface area contributed by atoms with Crippen molar-refractivity contribution < 1.29 is 23.5 Å². The van der Waals surface area contributed by atoms with Gasteiger partial charge in [-0.25, -0.2) is 4.39 Å². The van der Waals surface area contributed by atoms with Gasteiger partial charge in [0, 0.05) is 37.3 Å². The number of fused-ring (bicyclic) bond motifs is 1. The molecular weight excluding hydrogens is 475 g/mol. The third-order valence-corrected chi connectivity index (χ3v) is 7.52. The Labute approximate surface area is 214 Å². The number of halogens is 1. The van der Waals surface area contributed by atoms with Crippen LogP contribution in [0.1, 0.15) is 57.7 Å². The quantitative estimate of drug-likeness (QED) is 0.404. The fraction of sp³-hybridized carbons (Fsp3) is 0.429. The van der Waals surface area contributed by atoms with Crippen molar-refractivity contribution in [3.63, 3.8) is 0 Å². The number of Topliss-reactive ketones (excluding diaryl/α,β-unsaturated/α-hetero) is 1. The zero-order valence-corrected chi connectivity index (χ0v) is 21.2. The van der Waals surface area contributed by atoms with Crippen LogP contribution in [-0.4, -0.2) is 70.7 Å². The lowest BCUT2D eigenvalue weighted by Crippen LogP contribution is -2.39. The highest BCUT2D eigenvalue weighted by Crippen LogP contribution is 2.30. The van der Waals surface area contributed by atoms with E-state index >= 15 is 0 Å². The molecule has 0 saturated carbocycles. The highest BCUT2D eigenvalue weighted by Gasteiger charge is 2.31. The molecule has 194 valence electrons. The molecule has 5 rings (SSSR count). The molecule has 8 nitrogen and oxygen atoms in total. The van der Waals surface area contributed by atoms with Gasteiger partial charge in [-0.05, 0) is 68.7 Å². The number of carbonyl (C=O) groups excluding carboxylic acids is 3. The minimum absolute atomic E-state index is 0.178. The number of hydrogen-bond acceptors (Lipinski definition) is 5. The molecular formula is C28H31FN4O4. The van der Waals surface area contributed by atoms with Crippen LogP contribution < -0.4 is 4.74 Å². The maximum absolute atomic E-state index is 13.6. The van der Waals surface area contributed by atoms with Crippen LogP contribution in [0, 0.1) is 18.7 Å². The summed E-state index contributed by atoms with van der Waals surface area (Å²) in [4.78, 5) is 50.5. The first-order valence-corrected chi connectivity index (χ1v) is 12.8. The van der Waals surface area contributed by atoms with Gasteiger partial charge in [0.25, 0.3) is 17.6 Å². The summed E-state index contributed by atoms with van der Waals surface area (Å²) in [5.74, 6) is -0.977. The van der Waals surface area contributed by atoms with Crippen LogP contribution in [0.25, 0.3) is 11.0 Å². The lowest BCUT2D eigenvalue weighted by Gasteiger charge is -2.32. The summed E-state index contributed by atoms with van der Waals surface area (Å²) in [6.45, 7) is 4.05. The molecule has 2 saturated heterocycles. The van der Waals surface area contributed by atoms with Crippen LogP contribution >= 0.6 is 0 Å². The third kappa shape index (κ3) is 4.95. The SMILES string of the molecule is COc1nc2[nH]c(C)c(C(=O)C(=O)N3CCCC3)c2cc1C(=O)N1CCC(Cc2ccc(F)cc2)CC1. The van der Waals surface area contributed by atoms with Crippen molar-refractivity contribution in [3.05, 3.63) is 58.5 Å². The highest BCUT2D eigenvalue weighted by molar-refractivity contribution is 6.45. The number of aryl methyl sites for hydroxylation is 1. The summed E-state index contributed by atoms with van der Waals surface area (Å²) >= 11 is 0. The normalized spacial score (nSPS) is 16.4. The number of aromatic nitrogens is 2. The van der Waals surface area contributed by atoms with E-state index in [0.29, 0.717) is 48.8 Å². The molecule has 3 aromatic rings. The average Bonchev–Trinajstić information content (AvgIpc) is 3.56. The molecule has 0 spiro atoms. The first-order valence-electron chi connectivity index (χ1n) is 12.8. The number of piperidine rings is 1. The van der Waals surface area contributed by atoms with E-state index in [1.165, 1.54) is 19.2 Å². The van der Waals surface area contributed by atoms with Crippen molar-refractivity contribution in [2.45, 2.75) is 39.0 Å². The number of ether oxygens (including phenoxy) is 1. The zero-order chi connectivity index (χ0) is 26.1. The molecule has 0 unspecified atom stereocenters. The molecule has 4 heterocycles. The van der Waals surface area contributed by atoms with Gasteiger partial charge in [-0.1, -0.05) is 12.1 Å². The fourth-order valence-electron chi connectivity index (χ4n) is 5.46. The van der Waals surface area contributed by atoms with Crippen LogP contribution in [0.4, 0.5) is 4.39 Å². The first kappa shape index (κ1) is 24.9. The standard InChI is InChI=1S/C28H31FN4O4/c1-17-23(24(34)28(36)32-11-3-4-12-32)21-16-22(26(37-2)31-25(21)30-17)27(35)33-13-9-19(10-14-33)15-18-5-7-20(29)8-6-18/h5-8,16,19H,3-4,9-15H2,1-2H3,(H,30,31). The van der Waals surface area contributed by atoms with Gasteiger partial charge in [0.2, 0.25) is 5.88 Å². The number of hydrogen-bond donors (Lipinski definition) is 1. The molecule has 2 aliphatic heterocycles. The molecule has 9 heteroatoms. The monoisotopic (exact) mass is 506 g/mol. The second-order valence-corrected chi connectivity index (χ2v) is 9.96. The van der Waals surface area contributed by atoms with Gasteiger partial charge in [0.05, 0.1) is 12.7 Å². The summed E-state index contributed by atoms with van der Waals surface area (Å²) in [5.41, 5.74) is 2.56. The molecule has 1 aromatic carbocycles. The number of carbonyl (C=O) groups is 3. The van der Waals surface area contributed by atoms with Gasteiger partial charge < -0.3 is 19.5 Å². The Kier molecular flexibility index (Phi) is 6.95. The van der Waals surface area contributed by atoms with Crippen LogP contribution in [0.2, 0.25) is 0 Å². The number of methoxy groups -OCH3 is 1. The highest BCUT2D eigenvalue weighted by atomic mass is 19.1. The molecule has 2 amide bonds. The van der Waals surface area contributed by atoms with Crippen molar-refractivity contribution >= 4 is 28.6 Å². The van der Waals surface area contributed by atoms with Crippen LogP contribution in [0.5, 0.6) is 5.88 Å². The van der Waals surface area contributed by atoms with E-state index < -0.39 is 11.7 Å². The summed E-state index contributed by atoms with van der Waals surface area (Å²) in [7, 11) is 1.46. The van der Waals surface area contributed by atoms with Crippen molar-refractivity contribution in [2.75, 3.05) is 33.3 Å². The van der Waals surface area contributed by atoms with Crippen LogP contribution in [0.3, 0.4) is 0 Å². The van der Waals surface area contributed by atoms with E-state index in [1.807, 2.05) is 12.1 Å². The number of benzene rings is 1. The van der Waals surface area contributed by atoms with Crippen molar-refractivity contribution in [1.29, 1.82) is 0 Å².